The highest BCUT2D eigenvalue weighted by Gasteiger charge is 2.50. The zero-order valence-corrected chi connectivity index (χ0v) is 26.7. The molecule has 7 nitrogen and oxygen atoms in total. The molecule has 46 heavy (non-hydrogen) atoms. The Bertz CT molecular complexity index is 1810. The Kier molecular flexibility index (Phi) is 9.34. The molecule has 6 rings (SSSR count). The summed E-state index contributed by atoms with van der Waals surface area (Å²) >= 11 is 5.98. The molecule has 1 amide bonds. The summed E-state index contributed by atoms with van der Waals surface area (Å²) in [6.45, 7) is 0.316. The molecule has 1 aliphatic carbocycles. The van der Waals surface area contributed by atoms with Gasteiger partial charge in [-0.3, -0.25) is 4.79 Å². The van der Waals surface area contributed by atoms with E-state index in [0.717, 1.165) is 36.6 Å². The first kappa shape index (κ1) is 32.4. The normalized spacial score (nSPS) is 17.3. The van der Waals surface area contributed by atoms with Crippen molar-refractivity contribution in [2.45, 2.75) is 67.5 Å². The van der Waals surface area contributed by atoms with Gasteiger partial charge in [0, 0.05) is 29.7 Å². The minimum absolute atomic E-state index is 0.151. The van der Waals surface area contributed by atoms with Crippen LogP contribution in [-0.2, 0) is 20.7 Å². The minimum Gasteiger partial charge on any atom is -0.490 e. The lowest BCUT2D eigenvalue weighted by Crippen LogP contribution is -2.57. The van der Waals surface area contributed by atoms with Gasteiger partial charge in [-0.2, -0.15) is 13.5 Å². The number of carbonyl (C=O) groups is 1. The molecule has 0 spiro atoms. The lowest BCUT2D eigenvalue weighted by atomic mass is 9.96. The van der Waals surface area contributed by atoms with Gasteiger partial charge in [-0.15, -0.1) is 0 Å². The first-order valence-electron chi connectivity index (χ1n) is 15.5. The van der Waals surface area contributed by atoms with Crippen molar-refractivity contribution in [3.63, 3.8) is 0 Å². The summed E-state index contributed by atoms with van der Waals surface area (Å²) in [5.74, 6) is -4.19. The number of amides is 1. The van der Waals surface area contributed by atoms with Crippen molar-refractivity contribution >= 4 is 38.3 Å². The van der Waals surface area contributed by atoms with Crippen molar-refractivity contribution in [2.75, 3.05) is 13.1 Å². The van der Waals surface area contributed by atoms with Gasteiger partial charge in [0.25, 0.3) is 5.92 Å². The topological polar surface area (TPSA) is 102 Å². The standard InChI is InChI=1S/C35H36ClF2N3O4S/c36-28-13-7-24(8-14-28)23-5-11-27(12-6-23)35(37,38)33(34(42)41-19-17-29(39)18-20-41)40-46(43,44)32-16-10-25-21-31(15-9-26(25)22-32)45-30-3-1-2-4-30/h5-16,21-22,29-30,33,40H,1-4,17-20,39H2. The molecule has 2 aliphatic rings. The summed E-state index contributed by atoms with van der Waals surface area (Å²) in [5, 5.41) is 1.89. The lowest BCUT2D eigenvalue weighted by Gasteiger charge is -2.35. The van der Waals surface area contributed by atoms with Gasteiger partial charge < -0.3 is 15.4 Å². The fourth-order valence-corrected chi connectivity index (χ4v) is 7.49. The number of piperidine rings is 1. The third-order valence-corrected chi connectivity index (χ3v) is 10.6. The number of ether oxygens (including phenoxy) is 1. The average Bonchev–Trinajstić information content (AvgIpc) is 3.57. The average molecular weight is 668 g/mol. The van der Waals surface area contributed by atoms with E-state index in [2.05, 4.69) is 4.72 Å². The van der Waals surface area contributed by atoms with E-state index in [9.17, 15) is 13.2 Å². The van der Waals surface area contributed by atoms with E-state index in [1.807, 2.05) is 6.07 Å². The van der Waals surface area contributed by atoms with Crippen LogP contribution in [0.2, 0.25) is 5.02 Å². The smallest absolute Gasteiger partial charge is 0.298 e. The van der Waals surface area contributed by atoms with Crippen LogP contribution < -0.4 is 15.2 Å². The van der Waals surface area contributed by atoms with Gasteiger partial charge in [0.15, 0.2) is 6.04 Å². The maximum atomic E-state index is 16.4. The second-order valence-corrected chi connectivity index (χ2v) is 14.3. The Morgan fingerprint density at radius 2 is 1.46 bits per heavy atom. The largest absolute Gasteiger partial charge is 0.490 e. The molecule has 1 atom stereocenters. The van der Waals surface area contributed by atoms with Crippen LogP contribution in [0.5, 0.6) is 5.75 Å². The van der Waals surface area contributed by atoms with Crippen molar-refractivity contribution < 1.29 is 26.7 Å². The van der Waals surface area contributed by atoms with Gasteiger partial charge in [0.1, 0.15) is 5.75 Å². The monoisotopic (exact) mass is 667 g/mol. The summed E-state index contributed by atoms with van der Waals surface area (Å²) < 4.78 is 68.3. The van der Waals surface area contributed by atoms with Crippen molar-refractivity contribution in [2.24, 2.45) is 5.73 Å². The van der Waals surface area contributed by atoms with Crippen molar-refractivity contribution in [3.8, 4) is 16.9 Å². The van der Waals surface area contributed by atoms with Gasteiger partial charge in [0.05, 0.1) is 11.0 Å². The molecular weight excluding hydrogens is 632 g/mol. The van der Waals surface area contributed by atoms with E-state index in [0.29, 0.717) is 34.6 Å². The Balaban J connectivity index is 1.29. The second kappa shape index (κ2) is 13.3. The van der Waals surface area contributed by atoms with Crippen LogP contribution in [-0.4, -0.2) is 50.5 Å². The Hall–Kier alpha value is -3.57. The van der Waals surface area contributed by atoms with Crippen LogP contribution in [0.25, 0.3) is 21.9 Å². The summed E-state index contributed by atoms with van der Waals surface area (Å²) in [7, 11) is -4.57. The predicted molar refractivity (Wildman–Crippen MR) is 176 cm³/mol. The molecule has 0 bridgehead atoms. The highest BCUT2D eigenvalue weighted by molar-refractivity contribution is 7.89. The predicted octanol–water partition coefficient (Wildman–Crippen LogP) is 6.87. The number of hydrogen-bond acceptors (Lipinski definition) is 5. The second-order valence-electron chi connectivity index (χ2n) is 12.1. The molecule has 4 aromatic carbocycles. The van der Waals surface area contributed by atoms with Crippen LogP contribution in [0.4, 0.5) is 8.78 Å². The number of carbonyl (C=O) groups excluding carboxylic acids is 1. The van der Waals surface area contributed by atoms with E-state index in [1.54, 1.807) is 42.5 Å². The Morgan fingerprint density at radius 3 is 2.11 bits per heavy atom. The number of hydrogen-bond donors (Lipinski definition) is 2. The SMILES string of the molecule is NC1CCN(C(=O)C(NS(=O)(=O)c2ccc3cc(OC4CCCC4)ccc3c2)C(F)(F)c2ccc(-c3ccc(Cl)cc3)cc2)CC1. The highest BCUT2D eigenvalue weighted by Crippen LogP contribution is 2.36. The molecule has 1 saturated carbocycles. The van der Waals surface area contributed by atoms with E-state index >= 15 is 8.78 Å². The van der Waals surface area contributed by atoms with E-state index in [-0.39, 0.29) is 30.1 Å². The quantitative estimate of drug-likeness (QED) is 0.203. The van der Waals surface area contributed by atoms with Crippen molar-refractivity contribution in [1.29, 1.82) is 0 Å². The number of benzene rings is 4. The molecule has 242 valence electrons. The van der Waals surface area contributed by atoms with Gasteiger partial charge in [-0.1, -0.05) is 60.1 Å². The van der Waals surface area contributed by atoms with Crippen molar-refractivity contribution in [3.05, 3.63) is 95.5 Å². The molecule has 4 aromatic rings. The first-order valence-corrected chi connectivity index (χ1v) is 17.4. The van der Waals surface area contributed by atoms with Gasteiger partial charge >= 0.3 is 0 Å². The molecule has 2 fully saturated rings. The zero-order valence-electron chi connectivity index (χ0n) is 25.2. The highest BCUT2D eigenvalue weighted by atomic mass is 35.5. The summed E-state index contributed by atoms with van der Waals surface area (Å²) in [6.07, 6.45) is 5.31. The summed E-state index contributed by atoms with van der Waals surface area (Å²) in [6, 6.07) is 19.6. The fraction of sp³-hybridized carbons (Fsp3) is 0.343. The van der Waals surface area contributed by atoms with Crippen LogP contribution in [0.3, 0.4) is 0 Å². The fourth-order valence-electron chi connectivity index (χ4n) is 6.14. The molecule has 1 aliphatic heterocycles. The number of nitrogens with zero attached hydrogens (tertiary/aromatic N) is 1. The van der Waals surface area contributed by atoms with Gasteiger partial charge in [-0.25, -0.2) is 8.42 Å². The summed E-state index contributed by atoms with van der Waals surface area (Å²) in [5.41, 5.74) is 6.92. The van der Waals surface area contributed by atoms with Gasteiger partial charge in [0.2, 0.25) is 15.9 Å². The van der Waals surface area contributed by atoms with E-state index in [4.69, 9.17) is 22.1 Å². The van der Waals surface area contributed by atoms with E-state index < -0.39 is 33.5 Å². The van der Waals surface area contributed by atoms with Gasteiger partial charge in [-0.05, 0) is 96.8 Å². The number of nitrogens with one attached hydrogen (secondary N) is 1. The number of halogens is 3. The Morgan fingerprint density at radius 1 is 0.870 bits per heavy atom. The Labute approximate surface area is 272 Å². The molecule has 1 saturated heterocycles. The molecule has 1 heterocycles. The zero-order chi connectivity index (χ0) is 32.5. The lowest BCUT2D eigenvalue weighted by molar-refractivity contribution is -0.145. The molecule has 0 radical (unpaired) electrons. The maximum Gasteiger partial charge on any atom is 0.298 e. The molecule has 3 N–H and O–H groups in total. The van der Waals surface area contributed by atoms with Crippen molar-refractivity contribution in [1.82, 2.24) is 9.62 Å². The van der Waals surface area contributed by atoms with Crippen LogP contribution >= 0.6 is 11.6 Å². The molecule has 11 heteroatoms. The third kappa shape index (κ3) is 7.05. The van der Waals surface area contributed by atoms with E-state index in [1.165, 1.54) is 41.3 Å². The number of fused-ring (bicyclic) bond motifs is 1. The molecule has 0 aromatic heterocycles. The first-order chi connectivity index (χ1) is 22.0. The number of likely N-dealkylation sites (tertiary alicyclic amines) is 1. The third-order valence-electron chi connectivity index (χ3n) is 8.88. The molecular formula is C35H36ClF2N3O4S. The van der Waals surface area contributed by atoms with Crippen LogP contribution in [0, 0.1) is 0 Å². The van der Waals surface area contributed by atoms with Crippen LogP contribution in [0.1, 0.15) is 44.1 Å². The number of alkyl halides is 2. The number of nitrogens with two attached hydrogens (primary N) is 1. The number of sulfonamides is 1. The molecule has 1 unspecified atom stereocenters. The number of rotatable bonds is 9. The van der Waals surface area contributed by atoms with Crippen LogP contribution in [0.15, 0.2) is 89.8 Å². The minimum atomic E-state index is -4.57. The maximum absolute atomic E-state index is 16.4. The summed E-state index contributed by atoms with van der Waals surface area (Å²) in [4.78, 5) is 14.7.